The predicted octanol–water partition coefficient (Wildman–Crippen LogP) is 3.54. The molecular formula is C22H29N3O. The average Bonchev–Trinajstić information content (AvgIpc) is 2.99. The van der Waals surface area contributed by atoms with Gasteiger partial charge in [-0.15, -0.1) is 0 Å². The van der Waals surface area contributed by atoms with Gasteiger partial charge in [0.1, 0.15) is 5.82 Å². The fourth-order valence-electron chi connectivity index (χ4n) is 4.27. The molecule has 2 aromatic rings. The number of aromatic nitrogens is 1. The van der Waals surface area contributed by atoms with Crippen molar-refractivity contribution < 1.29 is 4.74 Å². The molecule has 4 heteroatoms. The zero-order valence-corrected chi connectivity index (χ0v) is 15.9. The van der Waals surface area contributed by atoms with E-state index in [4.69, 9.17) is 9.72 Å². The van der Waals surface area contributed by atoms with Gasteiger partial charge in [-0.1, -0.05) is 50.2 Å². The summed E-state index contributed by atoms with van der Waals surface area (Å²) < 4.78 is 5.43. The SMILES string of the molecule is CC1(C)CN(c2ccc(CN3CCOCC3)cn2)CC1c1ccccc1. The normalized spacial score (nSPS) is 23.3. The highest BCUT2D eigenvalue weighted by atomic mass is 16.5. The quantitative estimate of drug-likeness (QED) is 0.842. The molecule has 1 atom stereocenters. The summed E-state index contributed by atoms with van der Waals surface area (Å²) in [4.78, 5) is 9.66. The maximum absolute atomic E-state index is 5.43. The highest BCUT2D eigenvalue weighted by molar-refractivity contribution is 5.44. The summed E-state index contributed by atoms with van der Waals surface area (Å²) in [6.45, 7) is 11.5. The fraction of sp³-hybridized carbons (Fsp3) is 0.500. The molecule has 2 fully saturated rings. The summed E-state index contributed by atoms with van der Waals surface area (Å²) in [5.41, 5.74) is 2.97. The number of anilines is 1. The Hall–Kier alpha value is -1.91. The molecule has 138 valence electrons. The van der Waals surface area contributed by atoms with Crippen molar-refractivity contribution in [1.29, 1.82) is 0 Å². The van der Waals surface area contributed by atoms with E-state index in [1.807, 2.05) is 6.20 Å². The monoisotopic (exact) mass is 351 g/mol. The van der Waals surface area contributed by atoms with E-state index in [1.165, 1.54) is 11.1 Å². The van der Waals surface area contributed by atoms with Crippen LogP contribution < -0.4 is 4.90 Å². The van der Waals surface area contributed by atoms with E-state index in [0.717, 1.165) is 51.8 Å². The van der Waals surface area contributed by atoms with Crippen molar-refractivity contribution in [2.45, 2.75) is 26.3 Å². The van der Waals surface area contributed by atoms with Crippen LogP contribution in [-0.4, -0.2) is 49.3 Å². The van der Waals surface area contributed by atoms with Gasteiger partial charge in [-0.25, -0.2) is 4.98 Å². The Morgan fingerprint density at radius 1 is 1.08 bits per heavy atom. The number of ether oxygens (including phenoxy) is 1. The van der Waals surface area contributed by atoms with Gasteiger partial charge in [-0.3, -0.25) is 4.90 Å². The molecule has 2 aliphatic heterocycles. The zero-order chi connectivity index (χ0) is 18.0. The lowest BCUT2D eigenvalue weighted by Gasteiger charge is -2.26. The average molecular weight is 351 g/mol. The van der Waals surface area contributed by atoms with Crippen molar-refractivity contribution in [3.63, 3.8) is 0 Å². The molecular weight excluding hydrogens is 322 g/mol. The molecule has 1 unspecified atom stereocenters. The molecule has 0 bridgehead atoms. The number of rotatable bonds is 4. The molecule has 2 saturated heterocycles. The summed E-state index contributed by atoms with van der Waals surface area (Å²) >= 11 is 0. The molecule has 3 heterocycles. The molecule has 0 amide bonds. The molecule has 1 aromatic carbocycles. The summed E-state index contributed by atoms with van der Waals surface area (Å²) in [6.07, 6.45) is 2.05. The van der Waals surface area contributed by atoms with E-state index in [1.54, 1.807) is 0 Å². The lowest BCUT2D eigenvalue weighted by atomic mass is 9.78. The van der Waals surface area contributed by atoms with Gasteiger partial charge in [-0.2, -0.15) is 0 Å². The van der Waals surface area contributed by atoms with E-state index >= 15 is 0 Å². The van der Waals surface area contributed by atoms with Gasteiger partial charge in [0.15, 0.2) is 0 Å². The summed E-state index contributed by atoms with van der Waals surface area (Å²) in [7, 11) is 0. The van der Waals surface area contributed by atoms with Crippen molar-refractivity contribution in [3.8, 4) is 0 Å². The lowest BCUT2D eigenvalue weighted by Crippen LogP contribution is -2.35. The second kappa shape index (κ2) is 7.37. The molecule has 1 aromatic heterocycles. The van der Waals surface area contributed by atoms with Crippen molar-refractivity contribution >= 4 is 5.82 Å². The highest BCUT2D eigenvalue weighted by Crippen LogP contribution is 2.43. The minimum absolute atomic E-state index is 0.246. The molecule has 0 aliphatic carbocycles. The number of hydrogen-bond donors (Lipinski definition) is 0. The first-order valence-electron chi connectivity index (χ1n) is 9.67. The first-order valence-corrected chi connectivity index (χ1v) is 9.67. The summed E-state index contributed by atoms with van der Waals surface area (Å²) in [6, 6.07) is 15.3. The number of nitrogens with zero attached hydrogens (tertiary/aromatic N) is 3. The van der Waals surface area contributed by atoms with E-state index in [0.29, 0.717) is 5.92 Å². The van der Waals surface area contributed by atoms with E-state index in [2.05, 4.69) is 66.1 Å². The van der Waals surface area contributed by atoms with Gasteiger partial charge in [0.05, 0.1) is 13.2 Å². The molecule has 26 heavy (non-hydrogen) atoms. The smallest absolute Gasteiger partial charge is 0.128 e. The van der Waals surface area contributed by atoms with Crippen LogP contribution in [0, 0.1) is 5.41 Å². The van der Waals surface area contributed by atoms with Crippen LogP contribution in [0.1, 0.15) is 30.9 Å². The summed E-state index contributed by atoms with van der Waals surface area (Å²) in [5.74, 6) is 1.64. The molecule has 0 saturated carbocycles. The number of hydrogen-bond acceptors (Lipinski definition) is 4. The Labute approximate surface area is 156 Å². The van der Waals surface area contributed by atoms with Gasteiger partial charge in [0.25, 0.3) is 0 Å². The van der Waals surface area contributed by atoms with Crippen LogP contribution in [0.3, 0.4) is 0 Å². The highest BCUT2D eigenvalue weighted by Gasteiger charge is 2.40. The standard InChI is InChI=1S/C22H29N3O/c1-22(2)17-25(16-20(22)19-6-4-3-5-7-19)21-9-8-18(14-23-21)15-24-10-12-26-13-11-24/h3-9,14,20H,10-13,15-17H2,1-2H3. The van der Waals surface area contributed by atoms with E-state index < -0.39 is 0 Å². The van der Waals surface area contributed by atoms with Crippen LogP contribution in [0.4, 0.5) is 5.82 Å². The van der Waals surface area contributed by atoms with Crippen molar-refractivity contribution in [1.82, 2.24) is 9.88 Å². The van der Waals surface area contributed by atoms with Crippen LogP contribution in [0.2, 0.25) is 0 Å². The summed E-state index contributed by atoms with van der Waals surface area (Å²) in [5, 5.41) is 0. The molecule has 0 N–H and O–H groups in total. The lowest BCUT2D eigenvalue weighted by molar-refractivity contribution is 0.0341. The van der Waals surface area contributed by atoms with Crippen molar-refractivity contribution in [3.05, 3.63) is 59.8 Å². The van der Waals surface area contributed by atoms with E-state index in [-0.39, 0.29) is 5.41 Å². The van der Waals surface area contributed by atoms with Crippen LogP contribution in [0.25, 0.3) is 0 Å². The molecule has 2 aliphatic rings. The molecule has 4 nitrogen and oxygen atoms in total. The number of morpholine rings is 1. The van der Waals surface area contributed by atoms with Crippen molar-refractivity contribution in [2.24, 2.45) is 5.41 Å². The third kappa shape index (κ3) is 3.76. The van der Waals surface area contributed by atoms with Gasteiger partial charge >= 0.3 is 0 Å². The largest absolute Gasteiger partial charge is 0.379 e. The first kappa shape index (κ1) is 17.5. The third-order valence-corrected chi connectivity index (χ3v) is 5.79. The Bertz CT molecular complexity index is 708. The van der Waals surface area contributed by atoms with Gasteiger partial charge in [0, 0.05) is 44.8 Å². The Morgan fingerprint density at radius 2 is 1.85 bits per heavy atom. The van der Waals surface area contributed by atoms with E-state index in [9.17, 15) is 0 Å². The molecule has 4 rings (SSSR count). The van der Waals surface area contributed by atoms with Crippen LogP contribution >= 0.6 is 0 Å². The topological polar surface area (TPSA) is 28.6 Å². The Balaban J connectivity index is 1.44. The third-order valence-electron chi connectivity index (χ3n) is 5.79. The van der Waals surface area contributed by atoms with Gasteiger partial charge in [-0.05, 0) is 22.6 Å². The second-order valence-electron chi connectivity index (χ2n) is 8.25. The molecule has 0 radical (unpaired) electrons. The Kier molecular flexibility index (Phi) is 4.96. The first-order chi connectivity index (χ1) is 12.6. The fourth-order valence-corrected chi connectivity index (χ4v) is 4.27. The van der Waals surface area contributed by atoms with Crippen LogP contribution in [0.15, 0.2) is 48.7 Å². The number of pyridine rings is 1. The Morgan fingerprint density at radius 3 is 2.54 bits per heavy atom. The van der Waals surface area contributed by atoms with Gasteiger partial charge in [0.2, 0.25) is 0 Å². The van der Waals surface area contributed by atoms with Crippen LogP contribution in [-0.2, 0) is 11.3 Å². The number of benzene rings is 1. The zero-order valence-electron chi connectivity index (χ0n) is 15.9. The van der Waals surface area contributed by atoms with Crippen LogP contribution in [0.5, 0.6) is 0 Å². The van der Waals surface area contributed by atoms with Gasteiger partial charge < -0.3 is 9.64 Å². The molecule has 0 spiro atoms. The van der Waals surface area contributed by atoms with Crippen molar-refractivity contribution in [2.75, 3.05) is 44.3 Å². The second-order valence-corrected chi connectivity index (χ2v) is 8.25. The minimum atomic E-state index is 0.246. The maximum atomic E-state index is 5.43. The minimum Gasteiger partial charge on any atom is -0.379 e. The predicted molar refractivity (Wildman–Crippen MR) is 106 cm³/mol. The maximum Gasteiger partial charge on any atom is 0.128 e.